The molecule has 6 heteroatoms. The summed E-state index contributed by atoms with van der Waals surface area (Å²) in [5.74, 6) is 0.0683. The van der Waals surface area contributed by atoms with E-state index in [1.807, 2.05) is 24.3 Å². The Labute approximate surface area is 159 Å². The van der Waals surface area contributed by atoms with Gasteiger partial charge >= 0.3 is 0 Å². The third-order valence-electron chi connectivity index (χ3n) is 3.96. The van der Waals surface area contributed by atoms with Crippen molar-refractivity contribution < 1.29 is 19.1 Å². The van der Waals surface area contributed by atoms with Crippen molar-refractivity contribution in [3.63, 3.8) is 0 Å². The molecule has 0 fully saturated rings. The number of amides is 2. The fraction of sp³-hybridized carbons (Fsp3) is 0.333. The fourth-order valence-electron chi connectivity index (χ4n) is 2.46. The minimum absolute atomic E-state index is 0.130. The first-order chi connectivity index (χ1) is 13.1. The molecule has 2 aromatic carbocycles. The first kappa shape index (κ1) is 20.5. The monoisotopic (exact) mass is 370 g/mol. The van der Waals surface area contributed by atoms with Crippen LogP contribution in [0, 0.1) is 0 Å². The molecule has 0 aromatic heterocycles. The molecule has 27 heavy (non-hydrogen) atoms. The quantitative estimate of drug-likeness (QED) is 0.630. The van der Waals surface area contributed by atoms with E-state index in [0.29, 0.717) is 30.2 Å². The normalized spacial score (nSPS) is 10.3. The number of nitrogens with one attached hydrogen (secondary N) is 2. The predicted octanol–water partition coefficient (Wildman–Crippen LogP) is 3.03. The Morgan fingerprint density at radius 1 is 1.04 bits per heavy atom. The lowest BCUT2D eigenvalue weighted by molar-refractivity contribution is -0.118. The lowest BCUT2D eigenvalue weighted by Gasteiger charge is -2.12. The van der Waals surface area contributed by atoms with Crippen molar-refractivity contribution in [1.29, 1.82) is 0 Å². The number of carbonyl (C=O) groups excluding carboxylic acids is 2. The zero-order chi connectivity index (χ0) is 19.5. The second-order valence-corrected chi connectivity index (χ2v) is 5.98. The zero-order valence-electron chi connectivity index (χ0n) is 15.8. The van der Waals surface area contributed by atoms with Crippen LogP contribution in [0.1, 0.15) is 29.3 Å². The van der Waals surface area contributed by atoms with Gasteiger partial charge in [0, 0.05) is 20.3 Å². The molecule has 6 nitrogen and oxygen atoms in total. The van der Waals surface area contributed by atoms with E-state index >= 15 is 0 Å². The number of hydrogen-bond acceptors (Lipinski definition) is 4. The SMILES string of the molecule is CCc1ccc(OCC(=O)Nc2ccccc2C(=O)NCCCOC)cc1. The molecule has 0 aliphatic carbocycles. The number of carbonyl (C=O) groups is 2. The van der Waals surface area contributed by atoms with Gasteiger partial charge < -0.3 is 20.1 Å². The largest absolute Gasteiger partial charge is 0.484 e. The maximum atomic E-state index is 12.3. The van der Waals surface area contributed by atoms with E-state index in [0.717, 1.165) is 12.8 Å². The topological polar surface area (TPSA) is 76.7 Å². The average Bonchev–Trinajstić information content (AvgIpc) is 2.70. The molecule has 0 aliphatic rings. The van der Waals surface area contributed by atoms with Crippen molar-refractivity contribution in [2.45, 2.75) is 19.8 Å². The van der Waals surface area contributed by atoms with Crippen molar-refractivity contribution in [3.05, 3.63) is 59.7 Å². The summed E-state index contributed by atoms with van der Waals surface area (Å²) in [5, 5.41) is 5.55. The molecule has 0 heterocycles. The van der Waals surface area contributed by atoms with Crippen molar-refractivity contribution >= 4 is 17.5 Å². The predicted molar refractivity (Wildman–Crippen MR) is 105 cm³/mol. The molecule has 0 bridgehead atoms. The Bertz CT molecular complexity index is 744. The van der Waals surface area contributed by atoms with Gasteiger partial charge in [-0.1, -0.05) is 31.2 Å². The molecule has 144 valence electrons. The van der Waals surface area contributed by atoms with Gasteiger partial charge in [0.2, 0.25) is 0 Å². The van der Waals surface area contributed by atoms with E-state index in [1.165, 1.54) is 5.56 Å². The van der Waals surface area contributed by atoms with Crippen LogP contribution in [-0.4, -0.2) is 38.7 Å². The minimum atomic E-state index is -0.325. The number of anilines is 1. The smallest absolute Gasteiger partial charge is 0.262 e. The fourth-order valence-corrected chi connectivity index (χ4v) is 2.46. The first-order valence-corrected chi connectivity index (χ1v) is 9.01. The maximum absolute atomic E-state index is 12.3. The standard InChI is InChI=1S/C21H26N2O4/c1-3-16-9-11-17(12-10-16)27-15-20(24)23-19-8-5-4-7-18(19)21(25)22-13-6-14-26-2/h4-5,7-12H,3,6,13-15H2,1-2H3,(H,22,25)(H,23,24). The highest BCUT2D eigenvalue weighted by Crippen LogP contribution is 2.16. The molecule has 0 saturated carbocycles. The highest BCUT2D eigenvalue weighted by Gasteiger charge is 2.13. The summed E-state index contributed by atoms with van der Waals surface area (Å²) in [6.07, 6.45) is 1.67. The highest BCUT2D eigenvalue weighted by molar-refractivity contribution is 6.04. The Morgan fingerprint density at radius 3 is 2.48 bits per heavy atom. The summed E-state index contributed by atoms with van der Waals surface area (Å²) in [6, 6.07) is 14.5. The number of methoxy groups -OCH3 is 1. The first-order valence-electron chi connectivity index (χ1n) is 9.01. The van der Waals surface area contributed by atoms with Crippen LogP contribution in [0.3, 0.4) is 0 Å². The van der Waals surface area contributed by atoms with Crippen molar-refractivity contribution in [2.24, 2.45) is 0 Å². The van der Waals surface area contributed by atoms with Gasteiger partial charge in [0.1, 0.15) is 5.75 Å². The van der Waals surface area contributed by atoms with Crippen LogP contribution < -0.4 is 15.4 Å². The molecule has 0 aliphatic heterocycles. The van der Waals surface area contributed by atoms with Crippen LogP contribution in [0.25, 0.3) is 0 Å². The second-order valence-electron chi connectivity index (χ2n) is 5.98. The van der Waals surface area contributed by atoms with Gasteiger partial charge in [0.25, 0.3) is 11.8 Å². The summed E-state index contributed by atoms with van der Waals surface area (Å²) in [7, 11) is 1.62. The third kappa shape index (κ3) is 6.75. The number of benzene rings is 2. The summed E-state index contributed by atoms with van der Waals surface area (Å²) in [4.78, 5) is 24.5. The summed E-state index contributed by atoms with van der Waals surface area (Å²) in [6.45, 7) is 3.03. The van der Waals surface area contributed by atoms with Crippen LogP contribution in [0.5, 0.6) is 5.75 Å². The van der Waals surface area contributed by atoms with Crippen LogP contribution in [-0.2, 0) is 16.0 Å². The van der Waals surface area contributed by atoms with Gasteiger partial charge in [-0.05, 0) is 42.7 Å². The number of aryl methyl sites for hydroxylation is 1. The van der Waals surface area contributed by atoms with Crippen LogP contribution >= 0.6 is 0 Å². The Balaban J connectivity index is 1.89. The van der Waals surface area contributed by atoms with E-state index < -0.39 is 0 Å². The molecule has 2 N–H and O–H groups in total. The van der Waals surface area contributed by atoms with Crippen LogP contribution in [0.4, 0.5) is 5.69 Å². The Hall–Kier alpha value is -2.86. The van der Waals surface area contributed by atoms with Gasteiger partial charge in [-0.2, -0.15) is 0 Å². The number of rotatable bonds is 10. The van der Waals surface area contributed by atoms with Gasteiger partial charge in [-0.15, -0.1) is 0 Å². The molecule has 2 rings (SSSR count). The average molecular weight is 370 g/mol. The van der Waals surface area contributed by atoms with Crippen molar-refractivity contribution in [3.8, 4) is 5.75 Å². The lowest BCUT2D eigenvalue weighted by Crippen LogP contribution is -2.27. The molecule has 0 atom stereocenters. The molecule has 0 saturated heterocycles. The molecule has 0 spiro atoms. The zero-order valence-corrected chi connectivity index (χ0v) is 15.8. The minimum Gasteiger partial charge on any atom is -0.484 e. The lowest BCUT2D eigenvalue weighted by atomic mass is 10.1. The number of para-hydroxylation sites is 1. The van der Waals surface area contributed by atoms with Gasteiger partial charge in [0.15, 0.2) is 6.61 Å². The Morgan fingerprint density at radius 2 is 1.78 bits per heavy atom. The molecular formula is C21H26N2O4. The van der Waals surface area contributed by atoms with Crippen LogP contribution in [0.2, 0.25) is 0 Å². The molecule has 2 amide bonds. The van der Waals surface area contributed by atoms with E-state index in [1.54, 1.807) is 31.4 Å². The van der Waals surface area contributed by atoms with Crippen molar-refractivity contribution in [1.82, 2.24) is 5.32 Å². The molecule has 0 radical (unpaired) electrons. The summed E-state index contributed by atoms with van der Waals surface area (Å²) in [5.41, 5.74) is 2.07. The molecule has 2 aromatic rings. The van der Waals surface area contributed by atoms with E-state index in [-0.39, 0.29) is 18.4 Å². The van der Waals surface area contributed by atoms with E-state index in [2.05, 4.69) is 17.6 Å². The second kappa shape index (κ2) is 11.0. The number of hydrogen-bond donors (Lipinski definition) is 2. The van der Waals surface area contributed by atoms with Gasteiger partial charge in [0.05, 0.1) is 11.3 Å². The van der Waals surface area contributed by atoms with E-state index in [9.17, 15) is 9.59 Å². The third-order valence-corrected chi connectivity index (χ3v) is 3.96. The molecular weight excluding hydrogens is 344 g/mol. The number of ether oxygens (including phenoxy) is 2. The highest BCUT2D eigenvalue weighted by atomic mass is 16.5. The van der Waals surface area contributed by atoms with E-state index in [4.69, 9.17) is 9.47 Å². The van der Waals surface area contributed by atoms with Gasteiger partial charge in [-0.25, -0.2) is 0 Å². The maximum Gasteiger partial charge on any atom is 0.262 e. The molecule has 0 unspecified atom stereocenters. The summed E-state index contributed by atoms with van der Waals surface area (Å²) < 4.78 is 10.5. The van der Waals surface area contributed by atoms with Crippen LogP contribution in [0.15, 0.2) is 48.5 Å². The Kier molecular flexibility index (Phi) is 8.32. The van der Waals surface area contributed by atoms with Crippen molar-refractivity contribution in [2.75, 3.05) is 32.2 Å². The summed E-state index contributed by atoms with van der Waals surface area (Å²) >= 11 is 0. The van der Waals surface area contributed by atoms with Gasteiger partial charge in [-0.3, -0.25) is 9.59 Å².